The molecular formula is C18H25NO5. The standard InChI is InChI=1S/C18H25NO5/c1-18(2,3)24-17(21)19-10-8-13(9-11-19)23-16-7-5-6-15(22-4)14(16)12-20/h5-7,12-13H,8-11H2,1-4H3. The van der Waals surface area contributed by atoms with Crippen molar-refractivity contribution >= 4 is 12.4 Å². The summed E-state index contributed by atoms with van der Waals surface area (Å²) in [6.07, 6.45) is 1.78. The van der Waals surface area contributed by atoms with Gasteiger partial charge in [-0.1, -0.05) is 6.07 Å². The Labute approximate surface area is 142 Å². The second-order valence-corrected chi connectivity index (χ2v) is 6.77. The van der Waals surface area contributed by atoms with Gasteiger partial charge in [0.2, 0.25) is 0 Å². The second-order valence-electron chi connectivity index (χ2n) is 6.77. The molecule has 24 heavy (non-hydrogen) atoms. The highest BCUT2D eigenvalue weighted by Gasteiger charge is 2.28. The van der Waals surface area contributed by atoms with Gasteiger partial charge in [-0.3, -0.25) is 4.79 Å². The van der Waals surface area contributed by atoms with Crippen molar-refractivity contribution in [1.29, 1.82) is 0 Å². The van der Waals surface area contributed by atoms with Crippen molar-refractivity contribution in [3.63, 3.8) is 0 Å². The number of likely N-dealkylation sites (tertiary alicyclic amines) is 1. The summed E-state index contributed by atoms with van der Waals surface area (Å²) in [5, 5.41) is 0. The van der Waals surface area contributed by atoms with Crippen LogP contribution in [0.4, 0.5) is 4.79 Å². The van der Waals surface area contributed by atoms with Crippen LogP contribution in [0.15, 0.2) is 18.2 Å². The average molecular weight is 335 g/mol. The molecule has 0 saturated carbocycles. The summed E-state index contributed by atoms with van der Waals surface area (Å²) < 4.78 is 16.5. The fourth-order valence-corrected chi connectivity index (χ4v) is 2.58. The maximum Gasteiger partial charge on any atom is 0.410 e. The molecule has 1 heterocycles. The first-order valence-electron chi connectivity index (χ1n) is 8.11. The van der Waals surface area contributed by atoms with Crippen LogP contribution in [0.5, 0.6) is 11.5 Å². The Morgan fingerprint density at radius 1 is 1.21 bits per heavy atom. The van der Waals surface area contributed by atoms with E-state index in [0.29, 0.717) is 43.0 Å². The maximum atomic E-state index is 12.1. The first kappa shape index (κ1) is 18.1. The third-order valence-corrected chi connectivity index (χ3v) is 3.75. The number of nitrogens with zero attached hydrogens (tertiary/aromatic N) is 1. The molecule has 0 radical (unpaired) electrons. The van der Waals surface area contributed by atoms with Crippen LogP contribution in [0.2, 0.25) is 0 Å². The Kier molecular flexibility index (Phi) is 5.70. The molecule has 0 unspecified atom stereocenters. The third-order valence-electron chi connectivity index (χ3n) is 3.75. The van der Waals surface area contributed by atoms with Crippen molar-refractivity contribution in [2.45, 2.75) is 45.3 Å². The number of carbonyl (C=O) groups is 2. The van der Waals surface area contributed by atoms with Crippen LogP contribution in [-0.4, -0.2) is 49.2 Å². The second kappa shape index (κ2) is 7.55. The molecule has 1 aliphatic rings. The molecule has 1 amide bonds. The molecule has 0 atom stereocenters. The van der Waals surface area contributed by atoms with Crippen molar-refractivity contribution in [3.05, 3.63) is 23.8 Å². The van der Waals surface area contributed by atoms with Gasteiger partial charge in [0.05, 0.1) is 12.7 Å². The van der Waals surface area contributed by atoms with Crippen LogP contribution < -0.4 is 9.47 Å². The van der Waals surface area contributed by atoms with Crippen molar-refractivity contribution in [1.82, 2.24) is 4.90 Å². The Balaban J connectivity index is 1.94. The van der Waals surface area contributed by atoms with Crippen LogP contribution in [0.1, 0.15) is 44.0 Å². The van der Waals surface area contributed by atoms with Crippen molar-refractivity contribution < 1.29 is 23.8 Å². The van der Waals surface area contributed by atoms with E-state index >= 15 is 0 Å². The lowest BCUT2D eigenvalue weighted by Gasteiger charge is -2.33. The lowest BCUT2D eigenvalue weighted by Crippen LogP contribution is -2.44. The highest BCUT2D eigenvalue weighted by Crippen LogP contribution is 2.29. The van der Waals surface area contributed by atoms with Crippen molar-refractivity contribution in [2.24, 2.45) is 0 Å². The molecule has 1 aromatic carbocycles. The number of hydrogen-bond acceptors (Lipinski definition) is 5. The predicted octanol–water partition coefficient (Wildman–Crippen LogP) is 3.29. The Morgan fingerprint density at radius 2 is 1.83 bits per heavy atom. The van der Waals surface area contributed by atoms with Crippen LogP contribution in [-0.2, 0) is 4.74 Å². The first-order valence-corrected chi connectivity index (χ1v) is 8.11. The summed E-state index contributed by atoms with van der Waals surface area (Å²) in [5.74, 6) is 1.01. The fraction of sp³-hybridized carbons (Fsp3) is 0.556. The minimum Gasteiger partial charge on any atom is -0.496 e. The van der Waals surface area contributed by atoms with Gasteiger partial charge in [-0.15, -0.1) is 0 Å². The molecule has 1 aliphatic heterocycles. The fourth-order valence-electron chi connectivity index (χ4n) is 2.58. The molecule has 132 valence electrons. The van der Waals surface area contributed by atoms with Crippen LogP contribution >= 0.6 is 0 Å². The van der Waals surface area contributed by atoms with E-state index in [1.165, 1.54) is 7.11 Å². The van der Waals surface area contributed by atoms with Crippen molar-refractivity contribution in [3.8, 4) is 11.5 Å². The number of benzene rings is 1. The minimum atomic E-state index is -0.496. The zero-order valence-corrected chi connectivity index (χ0v) is 14.7. The van der Waals surface area contributed by atoms with Crippen LogP contribution in [0.25, 0.3) is 0 Å². The monoisotopic (exact) mass is 335 g/mol. The lowest BCUT2D eigenvalue weighted by molar-refractivity contribution is 0.0126. The minimum absolute atomic E-state index is 0.0468. The molecule has 2 rings (SSSR count). The predicted molar refractivity (Wildman–Crippen MR) is 89.8 cm³/mol. The largest absolute Gasteiger partial charge is 0.496 e. The topological polar surface area (TPSA) is 65.1 Å². The van der Waals surface area contributed by atoms with E-state index in [-0.39, 0.29) is 12.2 Å². The number of carbonyl (C=O) groups excluding carboxylic acids is 2. The number of amides is 1. The number of rotatable bonds is 4. The van der Waals surface area contributed by atoms with E-state index in [4.69, 9.17) is 14.2 Å². The van der Waals surface area contributed by atoms with Gasteiger partial charge in [0.25, 0.3) is 0 Å². The molecule has 0 N–H and O–H groups in total. The summed E-state index contributed by atoms with van der Waals surface area (Å²) >= 11 is 0. The highest BCUT2D eigenvalue weighted by molar-refractivity contribution is 5.83. The molecule has 1 aromatic rings. The SMILES string of the molecule is COc1cccc(OC2CCN(C(=O)OC(C)(C)C)CC2)c1C=O. The van der Waals surface area contributed by atoms with Gasteiger partial charge >= 0.3 is 6.09 Å². The molecule has 1 fully saturated rings. The van der Waals surface area contributed by atoms with E-state index in [9.17, 15) is 9.59 Å². The van der Waals surface area contributed by atoms with Gasteiger partial charge in [0.15, 0.2) is 6.29 Å². The maximum absolute atomic E-state index is 12.1. The van der Waals surface area contributed by atoms with E-state index in [0.717, 1.165) is 6.29 Å². The number of hydrogen-bond donors (Lipinski definition) is 0. The Hall–Kier alpha value is -2.24. The van der Waals surface area contributed by atoms with Gasteiger partial charge < -0.3 is 19.1 Å². The van der Waals surface area contributed by atoms with E-state index in [1.54, 1.807) is 23.1 Å². The number of ether oxygens (including phenoxy) is 3. The van der Waals surface area contributed by atoms with Gasteiger partial charge in [-0.25, -0.2) is 4.79 Å². The smallest absolute Gasteiger partial charge is 0.410 e. The molecule has 0 bridgehead atoms. The van der Waals surface area contributed by atoms with Gasteiger partial charge in [0, 0.05) is 25.9 Å². The Morgan fingerprint density at radius 3 is 2.38 bits per heavy atom. The van der Waals surface area contributed by atoms with Gasteiger partial charge in [-0.2, -0.15) is 0 Å². The molecule has 6 heteroatoms. The zero-order valence-electron chi connectivity index (χ0n) is 14.7. The lowest BCUT2D eigenvalue weighted by atomic mass is 10.1. The quantitative estimate of drug-likeness (QED) is 0.790. The zero-order chi connectivity index (χ0) is 17.7. The summed E-state index contributed by atoms with van der Waals surface area (Å²) in [7, 11) is 1.52. The molecule has 1 saturated heterocycles. The van der Waals surface area contributed by atoms with Crippen molar-refractivity contribution in [2.75, 3.05) is 20.2 Å². The van der Waals surface area contributed by atoms with E-state index in [1.807, 2.05) is 20.8 Å². The normalized spacial score (nSPS) is 15.8. The third kappa shape index (κ3) is 4.63. The summed E-state index contributed by atoms with van der Waals surface area (Å²) in [6.45, 7) is 6.69. The van der Waals surface area contributed by atoms with Crippen LogP contribution in [0.3, 0.4) is 0 Å². The van der Waals surface area contributed by atoms with E-state index < -0.39 is 5.60 Å². The summed E-state index contributed by atoms with van der Waals surface area (Å²) in [6, 6.07) is 5.27. The average Bonchev–Trinajstić information content (AvgIpc) is 2.53. The van der Waals surface area contributed by atoms with Gasteiger partial charge in [0.1, 0.15) is 23.2 Å². The Bertz CT molecular complexity index is 586. The molecule has 0 aromatic heterocycles. The highest BCUT2D eigenvalue weighted by atomic mass is 16.6. The number of methoxy groups -OCH3 is 1. The van der Waals surface area contributed by atoms with Crippen LogP contribution in [0, 0.1) is 0 Å². The number of aldehydes is 1. The molecule has 6 nitrogen and oxygen atoms in total. The van der Waals surface area contributed by atoms with E-state index in [2.05, 4.69) is 0 Å². The van der Waals surface area contributed by atoms with Gasteiger partial charge in [-0.05, 0) is 32.9 Å². The summed E-state index contributed by atoms with van der Waals surface area (Å²) in [5.41, 5.74) is -0.0845. The molecular weight excluding hydrogens is 310 g/mol. The molecule has 0 aliphatic carbocycles. The molecule has 0 spiro atoms. The summed E-state index contributed by atoms with van der Waals surface area (Å²) in [4.78, 5) is 25.0. The number of piperidine rings is 1. The first-order chi connectivity index (χ1) is 11.3.